The molecule has 0 aromatic heterocycles. The zero-order chi connectivity index (χ0) is 21.9. The second-order valence-corrected chi connectivity index (χ2v) is 10.0. The van der Waals surface area contributed by atoms with Crippen molar-refractivity contribution in [3.63, 3.8) is 0 Å². The third kappa shape index (κ3) is 4.74. The van der Waals surface area contributed by atoms with Crippen LogP contribution in [0.15, 0.2) is 76.5 Å². The number of anilines is 2. The molecule has 0 saturated heterocycles. The lowest BCUT2D eigenvalue weighted by Gasteiger charge is -2.13. The van der Waals surface area contributed by atoms with Crippen molar-refractivity contribution in [1.29, 1.82) is 0 Å². The second kappa shape index (κ2) is 8.37. The van der Waals surface area contributed by atoms with E-state index in [9.17, 15) is 16.8 Å². The van der Waals surface area contributed by atoms with E-state index in [1.807, 2.05) is 13.8 Å². The second-order valence-electron chi connectivity index (χ2n) is 6.68. The minimum atomic E-state index is -3.88. The highest BCUT2D eigenvalue weighted by Gasteiger charge is 2.18. The van der Waals surface area contributed by atoms with Crippen molar-refractivity contribution >= 4 is 31.4 Å². The van der Waals surface area contributed by atoms with E-state index in [0.717, 1.165) is 11.1 Å². The van der Waals surface area contributed by atoms with Gasteiger partial charge in [-0.1, -0.05) is 18.2 Å². The Bertz CT molecular complexity index is 1270. The van der Waals surface area contributed by atoms with Gasteiger partial charge in [0.05, 0.1) is 22.6 Å². The molecule has 7 nitrogen and oxygen atoms in total. The lowest BCUT2D eigenvalue weighted by molar-refractivity contribution is 0.417. The molecule has 0 aliphatic heterocycles. The Morgan fingerprint density at radius 1 is 0.700 bits per heavy atom. The van der Waals surface area contributed by atoms with Gasteiger partial charge in [-0.3, -0.25) is 9.44 Å². The van der Waals surface area contributed by atoms with E-state index >= 15 is 0 Å². The molecule has 0 bridgehead atoms. The van der Waals surface area contributed by atoms with E-state index < -0.39 is 20.0 Å². The van der Waals surface area contributed by atoms with Crippen LogP contribution in [0.5, 0.6) is 5.75 Å². The van der Waals surface area contributed by atoms with Crippen molar-refractivity contribution < 1.29 is 21.6 Å². The summed E-state index contributed by atoms with van der Waals surface area (Å²) >= 11 is 0. The summed E-state index contributed by atoms with van der Waals surface area (Å²) in [5.41, 5.74) is 2.41. The number of hydrogen-bond donors (Lipinski definition) is 2. The van der Waals surface area contributed by atoms with Gasteiger partial charge in [-0.2, -0.15) is 0 Å². The number of aryl methyl sites for hydroxylation is 2. The number of ether oxygens (including phenoxy) is 1. The van der Waals surface area contributed by atoms with Gasteiger partial charge < -0.3 is 4.74 Å². The standard InChI is InChI=1S/C21H22N2O5S2/c1-15-8-11-19(14-16(15)2)30(26,27)22-17-9-12-18(13-10-17)29(24,25)23-20-6-4-5-7-21(20)28-3/h4-14,22-23H,1-3H3. The summed E-state index contributed by atoms with van der Waals surface area (Å²) in [6.45, 7) is 3.74. The van der Waals surface area contributed by atoms with Gasteiger partial charge in [0.1, 0.15) is 5.75 Å². The minimum Gasteiger partial charge on any atom is -0.495 e. The Hall–Kier alpha value is -3.04. The third-order valence-electron chi connectivity index (χ3n) is 4.56. The van der Waals surface area contributed by atoms with Gasteiger partial charge in [-0.15, -0.1) is 0 Å². The van der Waals surface area contributed by atoms with E-state index in [1.54, 1.807) is 36.4 Å². The SMILES string of the molecule is COc1ccccc1NS(=O)(=O)c1ccc(NS(=O)(=O)c2ccc(C)c(C)c2)cc1. The maximum absolute atomic E-state index is 12.7. The molecule has 2 N–H and O–H groups in total. The topological polar surface area (TPSA) is 102 Å². The van der Waals surface area contributed by atoms with Crippen LogP contribution in [0.25, 0.3) is 0 Å². The van der Waals surface area contributed by atoms with Crippen molar-refractivity contribution in [2.75, 3.05) is 16.6 Å². The van der Waals surface area contributed by atoms with Crippen LogP contribution >= 0.6 is 0 Å². The molecule has 0 amide bonds. The quantitative estimate of drug-likeness (QED) is 0.573. The third-order valence-corrected chi connectivity index (χ3v) is 7.32. The monoisotopic (exact) mass is 446 g/mol. The summed E-state index contributed by atoms with van der Waals surface area (Å²) in [5.74, 6) is 0.388. The fourth-order valence-electron chi connectivity index (χ4n) is 2.73. The van der Waals surface area contributed by atoms with Crippen molar-refractivity contribution in [2.45, 2.75) is 23.6 Å². The molecule has 3 aromatic carbocycles. The van der Waals surface area contributed by atoms with Crippen LogP contribution in [-0.4, -0.2) is 23.9 Å². The maximum Gasteiger partial charge on any atom is 0.262 e. The molecule has 0 atom stereocenters. The van der Waals surface area contributed by atoms with Gasteiger partial charge in [0, 0.05) is 5.69 Å². The number of hydrogen-bond acceptors (Lipinski definition) is 5. The summed E-state index contributed by atoms with van der Waals surface area (Å²) in [6, 6.07) is 17.0. The predicted molar refractivity (Wildman–Crippen MR) is 117 cm³/mol. The largest absolute Gasteiger partial charge is 0.495 e. The average molecular weight is 447 g/mol. The molecule has 0 spiro atoms. The fraction of sp³-hybridized carbons (Fsp3) is 0.143. The van der Waals surface area contributed by atoms with Crippen LogP contribution < -0.4 is 14.2 Å². The normalized spacial score (nSPS) is 11.7. The van der Waals surface area contributed by atoms with Gasteiger partial charge >= 0.3 is 0 Å². The van der Waals surface area contributed by atoms with Gasteiger partial charge in [0.2, 0.25) is 0 Å². The molecular weight excluding hydrogens is 424 g/mol. The molecule has 30 heavy (non-hydrogen) atoms. The van der Waals surface area contributed by atoms with Crippen LogP contribution in [0.2, 0.25) is 0 Å². The summed E-state index contributed by atoms with van der Waals surface area (Å²) in [5, 5.41) is 0. The summed E-state index contributed by atoms with van der Waals surface area (Å²) in [4.78, 5) is 0.127. The molecule has 0 fully saturated rings. The first-order valence-electron chi connectivity index (χ1n) is 8.98. The molecular formula is C21H22N2O5S2. The summed E-state index contributed by atoms with van der Waals surface area (Å²) < 4.78 is 60.6. The number of sulfonamides is 2. The zero-order valence-corrected chi connectivity index (χ0v) is 18.3. The van der Waals surface area contributed by atoms with Gasteiger partial charge in [0.15, 0.2) is 0 Å². The number of methoxy groups -OCH3 is 1. The summed E-state index contributed by atoms with van der Waals surface area (Å²) in [6.07, 6.45) is 0. The Labute approximate surface area is 176 Å². The molecule has 0 heterocycles. The van der Waals surface area contributed by atoms with Gasteiger partial charge in [0.25, 0.3) is 20.0 Å². The maximum atomic E-state index is 12.7. The van der Waals surface area contributed by atoms with Crippen LogP contribution in [-0.2, 0) is 20.0 Å². The lowest BCUT2D eigenvalue weighted by Crippen LogP contribution is -2.15. The molecule has 0 aliphatic rings. The molecule has 0 saturated carbocycles. The van der Waals surface area contributed by atoms with Crippen LogP contribution in [0.1, 0.15) is 11.1 Å². The molecule has 0 aliphatic carbocycles. The Morgan fingerprint density at radius 2 is 1.30 bits per heavy atom. The van der Waals surface area contributed by atoms with Crippen LogP contribution in [0.3, 0.4) is 0 Å². The molecule has 9 heteroatoms. The van der Waals surface area contributed by atoms with E-state index in [1.165, 1.54) is 37.4 Å². The van der Waals surface area contributed by atoms with Crippen molar-refractivity contribution in [2.24, 2.45) is 0 Å². The van der Waals surface area contributed by atoms with Crippen LogP contribution in [0.4, 0.5) is 11.4 Å². The van der Waals surface area contributed by atoms with E-state index in [0.29, 0.717) is 11.4 Å². The Kier molecular flexibility index (Phi) is 6.04. The molecule has 0 radical (unpaired) electrons. The number of benzene rings is 3. The van der Waals surface area contributed by atoms with Crippen molar-refractivity contribution in [1.82, 2.24) is 0 Å². The highest BCUT2D eigenvalue weighted by Crippen LogP contribution is 2.27. The number of nitrogens with one attached hydrogen (secondary N) is 2. The molecule has 158 valence electrons. The fourth-order valence-corrected chi connectivity index (χ4v) is 4.94. The Balaban J connectivity index is 1.81. The Morgan fingerprint density at radius 3 is 1.93 bits per heavy atom. The molecule has 0 unspecified atom stereocenters. The lowest BCUT2D eigenvalue weighted by atomic mass is 10.1. The van der Waals surface area contributed by atoms with Gasteiger partial charge in [-0.05, 0) is 73.5 Å². The average Bonchev–Trinajstić information content (AvgIpc) is 2.70. The molecule has 3 rings (SSSR count). The number of rotatable bonds is 7. The number of para-hydroxylation sites is 2. The minimum absolute atomic E-state index is 0.0115. The molecule has 3 aromatic rings. The van der Waals surface area contributed by atoms with E-state index in [4.69, 9.17) is 4.74 Å². The highest BCUT2D eigenvalue weighted by atomic mass is 32.2. The van der Waals surface area contributed by atoms with E-state index in [2.05, 4.69) is 9.44 Å². The van der Waals surface area contributed by atoms with Gasteiger partial charge in [-0.25, -0.2) is 16.8 Å². The summed E-state index contributed by atoms with van der Waals surface area (Å²) in [7, 11) is -6.22. The predicted octanol–water partition coefficient (Wildman–Crippen LogP) is 3.91. The first-order chi connectivity index (χ1) is 14.1. The smallest absolute Gasteiger partial charge is 0.262 e. The van der Waals surface area contributed by atoms with Crippen molar-refractivity contribution in [3.8, 4) is 5.75 Å². The first kappa shape index (κ1) is 21.7. The van der Waals surface area contributed by atoms with Crippen LogP contribution in [0, 0.1) is 13.8 Å². The highest BCUT2D eigenvalue weighted by molar-refractivity contribution is 7.93. The van der Waals surface area contributed by atoms with Crippen molar-refractivity contribution in [3.05, 3.63) is 77.9 Å². The first-order valence-corrected chi connectivity index (χ1v) is 11.9. The van der Waals surface area contributed by atoms with E-state index in [-0.39, 0.29) is 15.5 Å². The zero-order valence-electron chi connectivity index (χ0n) is 16.7.